The molecular formula is C11H13FO3. The van der Waals surface area contributed by atoms with E-state index < -0.39 is 17.9 Å². The van der Waals surface area contributed by atoms with Crippen LogP contribution in [0.25, 0.3) is 0 Å². The van der Waals surface area contributed by atoms with Gasteiger partial charge in [-0.05, 0) is 18.6 Å². The average Bonchev–Trinajstić information content (AvgIpc) is 2.25. The smallest absolute Gasteiger partial charge is 0.347 e. The molecule has 15 heavy (non-hydrogen) atoms. The van der Waals surface area contributed by atoms with Gasteiger partial charge in [-0.2, -0.15) is 0 Å². The van der Waals surface area contributed by atoms with Gasteiger partial charge in [-0.3, -0.25) is 0 Å². The van der Waals surface area contributed by atoms with Gasteiger partial charge in [-0.1, -0.05) is 13.0 Å². The molecule has 0 fully saturated rings. The molecule has 0 saturated heterocycles. The van der Waals surface area contributed by atoms with Crippen LogP contribution in [0.1, 0.15) is 13.3 Å². The molecule has 0 spiro atoms. The quantitative estimate of drug-likeness (QED) is 0.717. The molecule has 0 aliphatic carbocycles. The number of ether oxygens (including phenoxy) is 2. The molecule has 1 unspecified atom stereocenters. The number of carbonyl (C=O) groups excluding carboxylic acids is 1. The molecule has 0 radical (unpaired) electrons. The van der Waals surface area contributed by atoms with Gasteiger partial charge in [0, 0.05) is 6.07 Å². The van der Waals surface area contributed by atoms with Crippen molar-refractivity contribution in [2.75, 3.05) is 7.11 Å². The van der Waals surface area contributed by atoms with Crippen LogP contribution in [0.2, 0.25) is 0 Å². The van der Waals surface area contributed by atoms with Gasteiger partial charge in [0.25, 0.3) is 0 Å². The van der Waals surface area contributed by atoms with Crippen LogP contribution in [-0.2, 0) is 9.53 Å². The van der Waals surface area contributed by atoms with E-state index in [9.17, 15) is 9.18 Å². The minimum absolute atomic E-state index is 0.326. The molecule has 0 aliphatic rings. The minimum atomic E-state index is -0.684. The first kappa shape index (κ1) is 11.5. The second-order valence-corrected chi connectivity index (χ2v) is 3.00. The fourth-order valence-electron chi connectivity index (χ4n) is 1.13. The summed E-state index contributed by atoms with van der Waals surface area (Å²) in [6.45, 7) is 1.79. The number of esters is 1. The molecule has 0 heterocycles. The third kappa shape index (κ3) is 3.23. The third-order valence-electron chi connectivity index (χ3n) is 1.91. The highest BCUT2D eigenvalue weighted by Gasteiger charge is 2.18. The molecule has 1 atom stereocenters. The Hall–Kier alpha value is -1.58. The maximum absolute atomic E-state index is 12.8. The molecule has 0 aromatic heterocycles. The van der Waals surface area contributed by atoms with Crippen LogP contribution in [0.3, 0.4) is 0 Å². The first-order valence-corrected chi connectivity index (χ1v) is 4.67. The standard InChI is InChI=1S/C11H13FO3/c1-3-10(11(13)14-2)15-9-6-4-5-8(12)7-9/h4-7,10H,3H2,1-2H3. The fourth-order valence-corrected chi connectivity index (χ4v) is 1.13. The van der Waals surface area contributed by atoms with E-state index in [0.717, 1.165) is 0 Å². The summed E-state index contributed by atoms with van der Waals surface area (Å²) in [7, 11) is 1.29. The van der Waals surface area contributed by atoms with Gasteiger partial charge in [-0.15, -0.1) is 0 Å². The lowest BCUT2D eigenvalue weighted by atomic mass is 10.2. The van der Waals surface area contributed by atoms with Gasteiger partial charge in [-0.25, -0.2) is 9.18 Å². The van der Waals surface area contributed by atoms with E-state index in [2.05, 4.69) is 4.74 Å². The summed E-state index contributed by atoms with van der Waals surface area (Å²) in [4.78, 5) is 11.2. The molecule has 0 aliphatic heterocycles. The Balaban J connectivity index is 2.70. The van der Waals surface area contributed by atoms with Crippen LogP contribution in [0.15, 0.2) is 24.3 Å². The number of hydrogen-bond donors (Lipinski definition) is 0. The normalized spacial score (nSPS) is 11.9. The van der Waals surface area contributed by atoms with Crippen molar-refractivity contribution in [3.8, 4) is 5.75 Å². The summed E-state index contributed by atoms with van der Waals surface area (Å²) in [5.74, 6) is -0.527. The molecule has 0 N–H and O–H groups in total. The Bertz CT molecular complexity index is 338. The molecule has 1 rings (SSSR count). The fraction of sp³-hybridized carbons (Fsp3) is 0.364. The largest absolute Gasteiger partial charge is 0.479 e. The molecule has 0 amide bonds. The van der Waals surface area contributed by atoms with Crippen LogP contribution in [0.4, 0.5) is 4.39 Å². The van der Waals surface area contributed by atoms with Crippen LogP contribution in [0, 0.1) is 5.82 Å². The number of methoxy groups -OCH3 is 1. The number of hydrogen-bond acceptors (Lipinski definition) is 3. The Kier molecular flexibility index (Phi) is 4.09. The molecule has 82 valence electrons. The van der Waals surface area contributed by atoms with Crippen LogP contribution < -0.4 is 4.74 Å². The zero-order chi connectivity index (χ0) is 11.3. The second kappa shape index (κ2) is 5.34. The maximum Gasteiger partial charge on any atom is 0.347 e. The van der Waals surface area contributed by atoms with Crippen molar-refractivity contribution in [2.45, 2.75) is 19.4 Å². The number of carbonyl (C=O) groups is 1. The predicted molar refractivity (Wildman–Crippen MR) is 53.1 cm³/mol. The Morgan fingerprint density at radius 3 is 2.80 bits per heavy atom. The van der Waals surface area contributed by atoms with Gasteiger partial charge in [0.15, 0.2) is 6.10 Å². The molecule has 0 saturated carbocycles. The number of rotatable bonds is 4. The van der Waals surface area contributed by atoms with Crippen molar-refractivity contribution in [1.82, 2.24) is 0 Å². The van der Waals surface area contributed by atoms with Gasteiger partial charge < -0.3 is 9.47 Å². The second-order valence-electron chi connectivity index (χ2n) is 3.00. The van der Waals surface area contributed by atoms with Gasteiger partial charge in [0.2, 0.25) is 0 Å². The zero-order valence-corrected chi connectivity index (χ0v) is 8.70. The summed E-state index contributed by atoms with van der Waals surface area (Å²) in [6.07, 6.45) is -0.208. The Labute approximate surface area is 87.8 Å². The maximum atomic E-state index is 12.8. The van der Waals surface area contributed by atoms with Crippen LogP contribution in [0.5, 0.6) is 5.75 Å². The summed E-state index contributed by atoms with van der Waals surface area (Å²) >= 11 is 0. The van der Waals surface area contributed by atoms with Crippen molar-refractivity contribution in [1.29, 1.82) is 0 Å². The number of benzene rings is 1. The van der Waals surface area contributed by atoms with Crippen molar-refractivity contribution < 1.29 is 18.7 Å². The highest BCUT2D eigenvalue weighted by Crippen LogP contribution is 2.15. The lowest BCUT2D eigenvalue weighted by molar-refractivity contribution is -0.148. The molecule has 1 aromatic rings. The zero-order valence-electron chi connectivity index (χ0n) is 8.70. The van der Waals surface area contributed by atoms with E-state index in [0.29, 0.717) is 12.2 Å². The first-order valence-electron chi connectivity index (χ1n) is 4.67. The van der Waals surface area contributed by atoms with Gasteiger partial charge in [0.1, 0.15) is 11.6 Å². The summed E-state index contributed by atoms with van der Waals surface area (Å²) < 4.78 is 22.6. The highest BCUT2D eigenvalue weighted by atomic mass is 19.1. The monoisotopic (exact) mass is 212 g/mol. The van der Waals surface area contributed by atoms with E-state index in [1.165, 1.54) is 25.3 Å². The van der Waals surface area contributed by atoms with Crippen LogP contribution in [-0.4, -0.2) is 19.2 Å². The minimum Gasteiger partial charge on any atom is -0.479 e. The van der Waals surface area contributed by atoms with E-state index in [1.807, 2.05) is 0 Å². The molecule has 1 aromatic carbocycles. The van der Waals surface area contributed by atoms with Gasteiger partial charge in [0.05, 0.1) is 7.11 Å². The lowest BCUT2D eigenvalue weighted by Gasteiger charge is -2.14. The molecule has 3 nitrogen and oxygen atoms in total. The molecular weight excluding hydrogens is 199 g/mol. The highest BCUT2D eigenvalue weighted by molar-refractivity contribution is 5.74. The van der Waals surface area contributed by atoms with E-state index in [1.54, 1.807) is 13.0 Å². The van der Waals surface area contributed by atoms with Crippen molar-refractivity contribution in [3.63, 3.8) is 0 Å². The van der Waals surface area contributed by atoms with E-state index >= 15 is 0 Å². The first-order chi connectivity index (χ1) is 7.17. The predicted octanol–water partition coefficient (Wildman–Crippen LogP) is 2.16. The van der Waals surface area contributed by atoms with Crippen LogP contribution >= 0.6 is 0 Å². The van der Waals surface area contributed by atoms with Crippen molar-refractivity contribution in [2.24, 2.45) is 0 Å². The Morgan fingerprint density at radius 2 is 2.27 bits per heavy atom. The average molecular weight is 212 g/mol. The SMILES string of the molecule is CCC(Oc1cccc(F)c1)C(=O)OC. The van der Waals surface area contributed by atoms with Gasteiger partial charge >= 0.3 is 5.97 Å². The Morgan fingerprint density at radius 1 is 1.53 bits per heavy atom. The summed E-state index contributed by atoms with van der Waals surface area (Å²) in [6, 6.07) is 5.65. The molecule has 0 bridgehead atoms. The number of halogens is 1. The molecule has 4 heteroatoms. The van der Waals surface area contributed by atoms with E-state index in [4.69, 9.17) is 4.74 Å². The van der Waals surface area contributed by atoms with E-state index in [-0.39, 0.29) is 0 Å². The third-order valence-corrected chi connectivity index (χ3v) is 1.91. The van der Waals surface area contributed by atoms with Crippen molar-refractivity contribution >= 4 is 5.97 Å². The summed E-state index contributed by atoms with van der Waals surface area (Å²) in [5, 5.41) is 0. The topological polar surface area (TPSA) is 35.5 Å². The van der Waals surface area contributed by atoms with Crippen molar-refractivity contribution in [3.05, 3.63) is 30.1 Å². The summed E-state index contributed by atoms with van der Waals surface area (Å²) in [5.41, 5.74) is 0. The lowest BCUT2D eigenvalue weighted by Crippen LogP contribution is -2.27.